The molecule has 0 spiro atoms. The van der Waals surface area contributed by atoms with Crippen molar-refractivity contribution in [3.63, 3.8) is 0 Å². The normalized spacial score (nSPS) is 11.7. The fraction of sp³-hybridized carbons (Fsp3) is 0.278. The van der Waals surface area contributed by atoms with Gasteiger partial charge in [0.15, 0.2) is 6.10 Å². The van der Waals surface area contributed by atoms with Crippen LogP contribution in [0.5, 0.6) is 5.75 Å². The lowest BCUT2D eigenvalue weighted by atomic mass is 10.0. The molecule has 1 N–H and O–H groups in total. The molecule has 0 aliphatic heterocycles. The molecule has 1 atom stereocenters. The van der Waals surface area contributed by atoms with Crippen LogP contribution in [0.25, 0.3) is 0 Å². The quantitative estimate of drug-likeness (QED) is 0.623. The lowest BCUT2D eigenvalue weighted by Crippen LogP contribution is -2.30. The highest BCUT2D eigenvalue weighted by molar-refractivity contribution is 6.32. The first-order valence-corrected chi connectivity index (χ1v) is 8.06. The van der Waals surface area contributed by atoms with Crippen LogP contribution in [0.2, 0.25) is 5.02 Å². The molecule has 0 bridgehead atoms. The number of nitro benzene ring substituents is 1. The molecule has 0 heterocycles. The number of hydrogen-bond donors (Lipinski definition) is 1. The number of halogens is 1. The number of amides is 1. The van der Waals surface area contributed by atoms with Crippen LogP contribution in [0.4, 0.5) is 11.4 Å². The number of anilines is 1. The molecule has 7 heteroatoms. The summed E-state index contributed by atoms with van der Waals surface area (Å²) in [4.78, 5) is 22.6. The maximum Gasteiger partial charge on any atom is 0.271 e. The van der Waals surface area contributed by atoms with Crippen molar-refractivity contribution in [2.24, 2.45) is 0 Å². The number of hydrogen-bond acceptors (Lipinski definition) is 4. The van der Waals surface area contributed by atoms with Crippen molar-refractivity contribution < 1.29 is 14.5 Å². The summed E-state index contributed by atoms with van der Waals surface area (Å²) in [6.45, 7) is 7.43. The molecule has 0 unspecified atom stereocenters. The molecule has 0 saturated carbocycles. The Hall–Kier alpha value is -2.60. The summed E-state index contributed by atoms with van der Waals surface area (Å²) in [6.07, 6.45) is -0.820. The highest BCUT2D eigenvalue weighted by Crippen LogP contribution is 2.30. The first kappa shape index (κ1) is 18.7. The third-order valence-corrected chi connectivity index (χ3v) is 4.02. The van der Waals surface area contributed by atoms with E-state index in [-0.39, 0.29) is 22.4 Å². The Kier molecular flexibility index (Phi) is 5.64. The first-order valence-electron chi connectivity index (χ1n) is 7.68. The predicted molar refractivity (Wildman–Crippen MR) is 97.5 cm³/mol. The van der Waals surface area contributed by atoms with Gasteiger partial charge in [0.1, 0.15) is 5.75 Å². The van der Waals surface area contributed by atoms with E-state index in [1.165, 1.54) is 18.2 Å². The fourth-order valence-corrected chi connectivity index (χ4v) is 2.76. The van der Waals surface area contributed by atoms with E-state index in [0.717, 1.165) is 22.4 Å². The van der Waals surface area contributed by atoms with Gasteiger partial charge in [0.05, 0.1) is 9.95 Å². The van der Waals surface area contributed by atoms with Gasteiger partial charge >= 0.3 is 0 Å². The van der Waals surface area contributed by atoms with E-state index in [0.29, 0.717) is 0 Å². The molecule has 0 radical (unpaired) electrons. The van der Waals surface area contributed by atoms with Gasteiger partial charge in [-0.25, -0.2) is 0 Å². The maximum atomic E-state index is 12.4. The molecule has 0 fully saturated rings. The lowest BCUT2D eigenvalue weighted by molar-refractivity contribution is -0.384. The average molecular weight is 363 g/mol. The number of non-ortho nitro benzene ring substituents is 1. The summed E-state index contributed by atoms with van der Waals surface area (Å²) in [7, 11) is 0. The van der Waals surface area contributed by atoms with E-state index in [1.54, 1.807) is 6.92 Å². The van der Waals surface area contributed by atoms with Crippen molar-refractivity contribution in [3.8, 4) is 5.75 Å². The van der Waals surface area contributed by atoms with E-state index in [9.17, 15) is 14.9 Å². The summed E-state index contributed by atoms with van der Waals surface area (Å²) < 4.78 is 5.55. The number of nitrogens with one attached hydrogen (secondary N) is 1. The number of rotatable bonds is 5. The summed E-state index contributed by atoms with van der Waals surface area (Å²) >= 11 is 5.99. The van der Waals surface area contributed by atoms with Crippen molar-refractivity contribution >= 4 is 28.9 Å². The van der Waals surface area contributed by atoms with Crippen LogP contribution >= 0.6 is 11.6 Å². The zero-order valence-corrected chi connectivity index (χ0v) is 15.2. The Labute approximate surface area is 150 Å². The minimum absolute atomic E-state index is 0.0801. The lowest BCUT2D eigenvalue weighted by Gasteiger charge is -2.18. The molecule has 2 rings (SSSR count). The van der Waals surface area contributed by atoms with Gasteiger partial charge < -0.3 is 10.1 Å². The summed E-state index contributed by atoms with van der Waals surface area (Å²) in [5.74, 6) is -0.114. The molecule has 0 aromatic heterocycles. The number of ether oxygens (including phenoxy) is 1. The van der Waals surface area contributed by atoms with E-state index in [4.69, 9.17) is 16.3 Å². The van der Waals surface area contributed by atoms with Gasteiger partial charge in [-0.05, 0) is 44.9 Å². The molecule has 0 aliphatic carbocycles. The van der Waals surface area contributed by atoms with Crippen molar-refractivity contribution in [1.29, 1.82) is 0 Å². The number of benzene rings is 2. The number of carbonyl (C=O) groups is 1. The molecule has 25 heavy (non-hydrogen) atoms. The van der Waals surface area contributed by atoms with E-state index in [1.807, 2.05) is 32.9 Å². The third kappa shape index (κ3) is 4.48. The number of nitro groups is 1. The molecule has 2 aromatic rings. The zero-order chi connectivity index (χ0) is 18.7. The maximum absolute atomic E-state index is 12.4. The van der Waals surface area contributed by atoms with Crippen molar-refractivity contribution in [2.75, 3.05) is 5.32 Å². The number of nitrogens with zero attached hydrogens (tertiary/aromatic N) is 1. The predicted octanol–water partition coefficient (Wildman–Crippen LogP) is 4.58. The van der Waals surface area contributed by atoms with Crippen LogP contribution in [-0.2, 0) is 4.79 Å². The largest absolute Gasteiger partial charge is 0.479 e. The molecule has 132 valence electrons. The summed E-state index contributed by atoms with van der Waals surface area (Å²) in [5, 5.41) is 13.7. The Bertz CT molecular complexity index is 813. The fourth-order valence-electron chi connectivity index (χ4n) is 2.54. The highest BCUT2D eigenvalue weighted by Gasteiger charge is 2.19. The van der Waals surface area contributed by atoms with Crippen LogP contribution in [-0.4, -0.2) is 16.9 Å². The zero-order valence-electron chi connectivity index (χ0n) is 14.4. The van der Waals surface area contributed by atoms with Crippen LogP contribution in [0.15, 0.2) is 30.3 Å². The molecule has 6 nitrogen and oxygen atoms in total. The SMILES string of the molecule is Cc1cc(C)c(NC(=O)[C@@H](C)Oc2ccc([N+](=O)[O-])cc2Cl)c(C)c1. The monoisotopic (exact) mass is 362 g/mol. The van der Waals surface area contributed by atoms with Crippen molar-refractivity contribution in [3.05, 3.63) is 62.2 Å². The first-order chi connectivity index (χ1) is 11.7. The molecule has 0 saturated heterocycles. The second kappa shape index (κ2) is 7.53. The Morgan fingerprint density at radius 3 is 2.32 bits per heavy atom. The van der Waals surface area contributed by atoms with Gasteiger partial charge in [-0.1, -0.05) is 29.3 Å². The van der Waals surface area contributed by atoms with Crippen LogP contribution in [0.3, 0.4) is 0 Å². The van der Waals surface area contributed by atoms with Gasteiger partial charge in [-0.3, -0.25) is 14.9 Å². The minimum atomic E-state index is -0.820. The summed E-state index contributed by atoms with van der Waals surface area (Å²) in [5.41, 5.74) is 3.66. The van der Waals surface area contributed by atoms with Crippen molar-refractivity contribution in [2.45, 2.75) is 33.8 Å². The second-order valence-electron chi connectivity index (χ2n) is 5.89. The van der Waals surface area contributed by atoms with Gasteiger partial charge in [-0.2, -0.15) is 0 Å². The smallest absolute Gasteiger partial charge is 0.271 e. The van der Waals surface area contributed by atoms with E-state index >= 15 is 0 Å². The number of carbonyl (C=O) groups excluding carboxylic acids is 1. The van der Waals surface area contributed by atoms with E-state index in [2.05, 4.69) is 5.32 Å². The van der Waals surface area contributed by atoms with Gasteiger partial charge in [-0.15, -0.1) is 0 Å². The molecule has 0 aliphatic rings. The third-order valence-electron chi connectivity index (χ3n) is 3.72. The minimum Gasteiger partial charge on any atom is -0.479 e. The molecular formula is C18H19ClN2O4. The van der Waals surface area contributed by atoms with Gasteiger partial charge in [0.2, 0.25) is 0 Å². The Balaban J connectivity index is 2.12. The van der Waals surface area contributed by atoms with Crippen LogP contribution < -0.4 is 10.1 Å². The van der Waals surface area contributed by atoms with Crippen LogP contribution in [0, 0.1) is 30.9 Å². The highest BCUT2D eigenvalue weighted by atomic mass is 35.5. The van der Waals surface area contributed by atoms with Crippen LogP contribution in [0.1, 0.15) is 23.6 Å². The molecular weight excluding hydrogens is 344 g/mol. The summed E-state index contributed by atoms with van der Waals surface area (Å²) in [6, 6.07) is 7.82. The molecule has 1 amide bonds. The van der Waals surface area contributed by atoms with E-state index < -0.39 is 11.0 Å². The Morgan fingerprint density at radius 2 is 1.80 bits per heavy atom. The van der Waals surface area contributed by atoms with Crippen molar-refractivity contribution in [1.82, 2.24) is 0 Å². The topological polar surface area (TPSA) is 81.5 Å². The van der Waals surface area contributed by atoms with Gasteiger partial charge in [0.25, 0.3) is 11.6 Å². The average Bonchev–Trinajstić information content (AvgIpc) is 2.52. The Morgan fingerprint density at radius 1 is 1.20 bits per heavy atom. The second-order valence-corrected chi connectivity index (χ2v) is 6.30. The van der Waals surface area contributed by atoms with Gasteiger partial charge in [0, 0.05) is 17.8 Å². The number of aryl methyl sites for hydroxylation is 3. The standard InChI is InChI=1S/C18H19ClN2O4/c1-10-7-11(2)17(12(3)8-10)20-18(22)13(4)25-16-6-5-14(21(23)24)9-15(16)19/h5-9,13H,1-4H3,(H,20,22)/t13-/m1/s1. The molecule has 2 aromatic carbocycles.